The molecule has 0 saturated carbocycles. The lowest BCUT2D eigenvalue weighted by Gasteiger charge is -2.15. The average molecular weight is 420 g/mol. The fourth-order valence-corrected chi connectivity index (χ4v) is 2.44. The van der Waals surface area contributed by atoms with Crippen LogP contribution in [-0.2, 0) is 11.3 Å². The van der Waals surface area contributed by atoms with Gasteiger partial charge in [-0.2, -0.15) is 0 Å². The topological polar surface area (TPSA) is 69.1 Å². The molecular formula is C22H31F2N5O. The zero-order valence-corrected chi connectivity index (χ0v) is 18.1. The summed E-state index contributed by atoms with van der Waals surface area (Å²) < 4.78 is 27.5. The van der Waals surface area contributed by atoms with Crippen molar-refractivity contribution in [2.75, 3.05) is 26.7 Å². The second-order valence-electron chi connectivity index (χ2n) is 6.55. The number of nitrogens with one attached hydrogen (secondary N) is 2. The first kappa shape index (κ1) is 25.2. The minimum atomic E-state index is -0.599. The molecule has 8 heteroatoms. The number of hydrogen-bond acceptors (Lipinski definition) is 4. The van der Waals surface area contributed by atoms with Gasteiger partial charge < -0.3 is 15.5 Å². The smallest absolute Gasteiger partial charge is 0.256 e. The molecule has 164 valence electrons. The first-order valence-electron chi connectivity index (χ1n) is 9.89. The van der Waals surface area contributed by atoms with Gasteiger partial charge in [0.05, 0.1) is 18.5 Å². The van der Waals surface area contributed by atoms with Gasteiger partial charge in [-0.3, -0.25) is 14.8 Å². The predicted molar refractivity (Wildman–Crippen MR) is 119 cm³/mol. The van der Waals surface area contributed by atoms with E-state index in [1.54, 1.807) is 37.4 Å². The molecule has 0 aliphatic carbocycles. The van der Waals surface area contributed by atoms with E-state index in [1.165, 1.54) is 31.6 Å². The summed E-state index contributed by atoms with van der Waals surface area (Å²) in [5.41, 5.74) is 0.872. The fraction of sp³-hybridized carbons (Fsp3) is 0.409. The van der Waals surface area contributed by atoms with Gasteiger partial charge in [0.2, 0.25) is 0 Å². The van der Waals surface area contributed by atoms with E-state index in [4.69, 9.17) is 0 Å². The van der Waals surface area contributed by atoms with Crippen LogP contribution in [0.2, 0.25) is 0 Å². The molecule has 2 N–H and O–H groups in total. The summed E-state index contributed by atoms with van der Waals surface area (Å²) in [7, 11) is 1.58. The largest absolute Gasteiger partial charge is 0.334 e. The quantitative estimate of drug-likeness (QED) is 0.236. The fourth-order valence-electron chi connectivity index (χ4n) is 2.44. The molecule has 0 bridgehead atoms. The van der Waals surface area contributed by atoms with Crippen LogP contribution in [0.5, 0.6) is 0 Å². The standard InChI is InChI=1S/C22H31F2N5O/c1-5-7-26-8-9-27-14-19(6-2)22(30)28-10-11-29(16-25-4)15-18-12-20(23)17(3)21(24)13-18/h6,10-14,16,26H,5,7-9,15H2,1-4H3,(H,28,30)/b11-10+,19-6+,25-16?,27-14?. The molecule has 0 saturated heterocycles. The number of aliphatic imine (C=N–C) groups is 2. The van der Waals surface area contributed by atoms with Crippen LogP contribution in [0.15, 0.2) is 46.2 Å². The normalized spacial score (nSPS) is 12.4. The van der Waals surface area contributed by atoms with Crippen LogP contribution in [0.1, 0.15) is 31.4 Å². The lowest BCUT2D eigenvalue weighted by Crippen LogP contribution is -2.23. The molecule has 0 spiro atoms. The third kappa shape index (κ3) is 9.09. The summed E-state index contributed by atoms with van der Waals surface area (Å²) in [4.78, 5) is 22.0. The number of allylic oxidation sites excluding steroid dienone is 1. The van der Waals surface area contributed by atoms with E-state index in [0.29, 0.717) is 17.7 Å². The summed E-state index contributed by atoms with van der Waals surface area (Å²) in [5, 5.41) is 5.89. The first-order valence-corrected chi connectivity index (χ1v) is 9.89. The Morgan fingerprint density at radius 3 is 2.53 bits per heavy atom. The zero-order chi connectivity index (χ0) is 22.4. The molecular weight excluding hydrogens is 388 g/mol. The number of amides is 1. The van der Waals surface area contributed by atoms with E-state index in [9.17, 15) is 13.6 Å². The molecule has 1 rings (SSSR count). The SMILES string of the molecule is C/C=C(\C=NCCNCCC)C(=O)N/C=C/N(C=NC)Cc1cc(F)c(C)c(F)c1. The minimum Gasteiger partial charge on any atom is -0.334 e. The van der Waals surface area contributed by atoms with Crippen molar-refractivity contribution in [3.8, 4) is 0 Å². The summed E-state index contributed by atoms with van der Waals surface area (Å²) >= 11 is 0. The summed E-state index contributed by atoms with van der Waals surface area (Å²) in [6.45, 7) is 7.73. The average Bonchev–Trinajstić information content (AvgIpc) is 2.71. The number of benzene rings is 1. The lowest BCUT2D eigenvalue weighted by atomic mass is 10.1. The van der Waals surface area contributed by atoms with E-state index < -0.39 is 11.6 Å². The van der Waals surface area contributed by atoms with E-state index >= 15 is 0 Å². The molecule has 0 radical (unpaired) electrons. The third-order valence-corrected chi connectivity index (χ3v) is 4.10. The Morgan fingerprint density at radius 2 is 1.93 bits per heavy atom. The van der Waals surface area contributed by atoms with Gasteiger partial charge in [0.15, 0.2) is 0 Å². The maximum atomic E-state index is 13.8. The molecule has 0 aliphatic heterocycles. The van der Waals surface area contributed by atoms with Crippen LogP contribution < -0.4 is 10.6 Å². The van der Waals surface area contributed by atoms with E-state index in [0.717, 1.165) is 19.5 Å². The number of carbonyl (C=O) groups is 1. The van der Waals surface area contributed by atoms with Gasteiger partial charge in [-0.05, 0) is 44.5 Å². The van der Waals surface area contributed by atoms with Crippen molar-refractivity contribution in [1.82, 2.24) is 15.5 Å². The molecule has 1 amide bonds. The number of nitrogens with zero attached hydrogens (tertiary/aromatic N) is 3. The van der Waals surface area contributed by atoms with Gasteiger partial charge in [0, 0.05) is 44.3 Å². The first-order chi connectivity index (χ1) is 14.4. The highest BCUT2D eigenvalue weighted by Gasteiger charge is 2.09. The molecule has 0 heterocycles. The monoisotopic (exact) mass is 419 g/mol. The maximum Gasteiger partial charge on any atom is 0.256 e. The molecule has 1 aromatic rings. The number of hydrogen-bond donors (Lipinski definition) is 2. The van der Waals surface area contributed by atoms with Crippen molar-refractivity contribution in [3.63, 3.8) is 0 Å². The van der Waals surface area contributed by atoms with Gasteiger partial charge in [-0.1, -0.05) is 13.0 Å². The van der Waals surface area contributed by atoms with Crippen LogP contribution >= 0.6 is 0 Å². The van der Waals surface area contributed by atoms with Crippen LogP contribution in [-0.4, -0.2) is 50.0 Å². The van der Waals surface area contributed by atoms with Gasteiger partial charge >= 0.3 is 0 Å². The molecule has 0 fully saturated rings. The number of carbonyl (C=O) groups excluding carboxylic acids is 1. The molecule has 0 atom stereocenters. The van der Waals surface area contributed by atoms with Crippen LogP contribution in [0.3, 0.4) is 0 Å². The Hall–Kier alpha value is -2.87. The summed E-state index contributed by atoms with van der Waals surface area (Å²) in [6, 6.07) is 2.57. The van der Waals surface area contributed by atoms with Gasteiger partial charge in [0.1, 0.15) is 11.6 Å². The Kier molecular flexibility index (Phi) is 11.9. The summed E-state index contributed by atoms with van der Waals surface area (Å²) in [5.74, 6) is -1.50. The van der Waals surface area contributed by atoms with Crippen molar-refractivity contribution in [3.05, 3.63) is 58.9 Å². The molecule has 30 heavy (non-hydrogen) atoms. The van der Waals surface area contributed by atoms with Crippen molar-refractivity contribution >= 4 is 18.5 Å². The molecule has 1 aromatic carbocycles. The maximum absolute atomic E-state index is 13.8. The van der Waals surface area contributed by atoms with Crippen molar-refractivity contribution in [1.29, 1.82) is 0 Å². The predicted octanol–water partition coefficient (Wildman–Crippen LogP) is 3.34. The van der Waals surface area contributed by atoms with Crippen LogP contribution in [0.4, 0.5) is 8.78 Å². The Labute approximate surface area is 177 Å². The highest BCUT2D eigenvalue weighted by Crippen LogP contribution is 2.15. The highest BCUT2D eigenvalue weighted by atomic mass is 19.1. The van der Waals surface area contributed by atoms with Crippen molar-refractivity contribution in [2.24, 2.45) is 9.98 Å². The Bertz CT molecular complexity index is 780. The Balaban J connectivity index is 2.66. The van der Waals surface area contributed by atoms with Gasteiger partial charge in [-0.25, -0.2) is 8.78 Å². The van der Waals surface area contributed by atoms with Crippen LogP contribution in [0, 0.1) is 18.6 Å². The van der Waals surface area contributed by atoms with Gasteiger partial charge in [-0.15, -0.1) is 0 Å². The lowest BCUT2D eigenvalue weighted by molar-refractivity contribution is -0.116. The second kappa shape index (κ2) is 14.2. The highest BCUT2D eigenvalue weighted by molar-refractivity contribution is 6.12. The zero-order valence-electron chi connectivity index (χ0n) is 18.1. The molecule has 0 aliphatic rings. The van der Waals surface area contributed by atoms with E-state index in [1.807, 2.05) is 0 Å². The van der Waals surface area contributed by atoms with Crippen molar-refractivity contribution < 1.29 is 13.6 Å². The number of rotatable bonds is 12. The summed E-state index contributed by atoms with van der Waals surface area (Å²) in [6.07, 6.45) is 8.80. The molecule has 0 unspecified atom stereocenters. The second-order valence-corrected chi connectivity index (χ2v) is 6.55. The third-order valence-electron chi connectivity index (χ3n) is 4.10. The molecule has 0 aromatic heterocycles. The Morgan fingerprint density at radius 1 is 1.23 bits per heavy atom. The molecule has 6 nitrogen and oxygen atoms in total. The van der Waals surface area contributed by atoms with E-state index in [-0.39, 0.29) is 18.0 Å². The van der Waals surface area contributed by atoms with Crippen LogP contribution in [0.25, 0.3) is 0 Å². The number of halogens is 2. The van der Waals surface area contributed by atoms with Crippen molar-refractivity contribution in [2.45, 2.75) is 33.7 Å². The minimum absolute atomic E-state index is 0.0149. The van der Waals surface area contributed by atoms with Gasteiger partial charge in [0.25, 0.3) is 5.91 Å². The van der Waals surface area contributed by atoms with E-state index in [2.05, 4.69) is 27.5 Å².